The van der Waals surface area contributed by atoms with E-state index < -0.39 is 16.7 Å². The van der Waals surface area contributed by atoms with Crippen LogP contribution in [0.15, 0.2) is 65.1 Å². The molecule has 8 nitrogen and oxygen atoms in total. The first-order valence-corrected chi connectivity index (χ1v) is 8.68. The molecule has 0 saturated carbocycles. The molecule has 2 aromatic carbocycles. The SMILES string of the molecule is Cc1c(C(N)=O)c2ccccc2n1C(=O)c1ccc(-c2ccccc2[N+](=O)[O-])o1. The van der Waals surface area contributed by atoms with Crippen LogP contribution in [0.4, 0.5) is 5.69 Å². The second-order valence-electron chi connectivity index (χ2n) is 6.42. The van der Waals surface area contributed by atoms with Gasteiger partial charge >= 0.3 is 0 Å². The summed E-state index contributed by atoms with van der Waals surface area (Å²) in [6, 6.07) is 16.0. The van der Waals surface area contributed by atoms with Crippen LogP contribution in [0.3, 0.4) is 0 Å². The predicted molar refractivity (Wildman–Crippen MR) is 106 cm³/mol. The number of carbonyl (C=O) groups excluding carboxylic acids is 2. The summed E-state index contributed by atoms with van der Waals surface area (Å²) < 4.78 is 7.02. The van der Waals surface area contributed by atoms with Crippen LogP contribution in [-0.4, -0.2) is 21.3 Å². The Kier molecular flexibility index (Phi) is 4.23. The number of primary amides is 1. The number of carbonyl (C=O) groups is 2. The number of furan rings is 1. The number of hydrogen-bond acceptors (Lipinski definition) is 5. The van der Waals surface area contributed by atoms with Crippen LogP contribution in [0.25, 0.3) is 22.2 Å². The van der Waals surface area contributed by atoms with Crippen LogP contribution in [-0.2, 0) is 0 Å². The van der Waals surface area contributed by atoms with Crippen molar-refractivity contribution < 1.29 is 18.9 Å². The summed E-state index contributed by atoms with van der Waals surface area (Å²) in [7, 11) is 0. The van der Waals surface area contributed by atoms with E-state index in [-0.39, 0.29) is 28.3 Å². The van der Waals surface area contributed by atoms with E-state index in [1.54, 1.807) is 49.4 Å². The van der Waals surface area contributed by atoms with Crippen molar-refractivity contribution in [3.8, 4) is 11.3 Å². The van der Waals surface area contributed by atoms with Crippen molar-refractivity contribution in [3.05, 3.63) is 87.8 Å². The van der Waals surface area contributed by atoms with Crippen LogP contribution in [0, 0.1) is 17.0 Å². The summed E-state index contributed by atoms with van der Waals surface area (Å²) >= 11 is 0. The normalized spacial score (nSPS) is 10.9. The third-order valence-electron chi connectivity index (χ3n) is 4.74. The molecular formula is C21H15N3O5. The summed E-state index contributed by atoms with van der Waals surface area (Å²) in [5.41, 5.74) is 6.83. The molecule has 0 atom stereocenters. The van der Waals surface area contributed by atoms with Crippen LogP contribution < -0.4 is 5.73 Å². The van der Waals surface area contributed by atoms with Crippen molar-refractivity contribution in [1.29, 1.82) is 0 Å². The van der Waals surface area contributed by atoms with Crippen LogP contribution in [0.1, 0.15) is 26.6 Å². The molecule has 8 heteroatoms. The summed E-state index contributed by atoms with van der Waals surface area (Å²) in [6.07, 6.45) is 0. The minimum atomic E-state index is -0.634. The average molecular weight is 389 g/mol. The molecule has 0 aliphatic carbocycles. The van der Waals surface area contributed by atoms with Crippen molar-refractivity contribution in [2.45, 2.75) is 6.92 Å². The fourth-order valence-corrected chi connectivity index (χ4v) is 3.49. The summed E-state index contributed by atoms with van der Waals surface area (Å²) in [6.45, 7) is 1.63. The first kappa shape index (κ1) is 18.2. The molecule has 2 N–H and O–H groups in total. The van der Waals surface area contributed by atoms with Crippen LogP contribution in [0.5, 0.6) is 0 Å². The number of benzene rings is 2. The van der Waals surface area contributed by atoms with Gasteiger partial charge in [0.25, 0.3) is 17.5 Å². The molecule has 0 aliphatic heterocycles. The topological polar surface area (TPSA) is 121 Å². The lowest BCUT2D eigenvalue weighted by Crippen LogP contribution is -2.16. The highest BCUT2D eigenvalue weighted by Crippen LogP contribution is 2.32. The molecule has 2 aromatic heterocycles. The molecule has 0 bridgehead atoms. The Hall–Kier alpha value is -4.20. The quantitative estimate of drug-likeness (QED) is 0.419. The van der Waals surface area contributed by atoms with Crippen LogP contribution in [0.2, 0.25) is 0 Å². The number of rotatable bonds is 4. The number of nitrogens with zero attached hydrogens (tertiary/aromatic N) is 2. The smallest absolute Gasteiger partial charge is 0.298 e. The molecule has 0 spiro atoms. The van der Waals surface area contributed by atoms with Crippen molar-refractivity contribution in [2.75, 3.05) is 0 Å². The van der Waals surface area contributed by atoms with Gasteiger partial charge in [-0.15, -0.1) is 0 Å². The molecular weight excluding hydrogens is 374 g/mol. The number of para-hydroxylation sites is 2. The summed E-state index contributed by atoms with van der Waals surface area (Å²) in [5, 5.41) is 11.8. The Balaban J connectivity index is 1.84. The maximum Gasteiger partial charge on any atom is 0.298 e. The van der Waals surface area contributed by atoms with Crippen molar-refractivity contribution in [3.63, 3.8) is 0 Å². The van der Waals surface area contributed by atoms with Gasteiger partial charge in [0.15, 0.2) is 5.76 Å². The molecule has 0 radical (unpaired) electrons. The number of nitro groups is 1. The van der Waals surface area contributed by atoms with Gasteiger partial charge in [-0.1, -0.05) is 30.3 Å². The molecule has 4 rings (SSSR count). The number of amides is 1. The molecule has 1 amide bonds. The third-order valence-corrected chi connectivity index (χ3v) is 4.74. The van der Waals surface area contributed by atoms with E-state index in [4.69, 9.17) is 10.2 Å². The third kappa shape index (κ3) is 2.87. The van der Waals surface area contributed by atoms with Gasteiger partial charge in [-0.3, -0.25) is 24.3 Å². The molecule has 0 unspecified atom stereocenters. The molecule has 4 aromatic rings. The predicted octanol–water partition coefficient (Wildman–Crippen LogP) is 3.91. The lowest BCUT2D eigenvalue weighted by molar-refractivity contribution is -0.384. The number of nitro benzene ring substituents is 1. The van der Waals surface area contributed by atoms with Crippen molar-refractivity contribution >= 4 is 28.4 Å². The number of fused-ring (bicyclic) bond motifs is 1. The second-order valence-corrected chi connectivity index (χ2v) is 6.42. The van der Waals surface area contributed by atoms with Gasteiger partial charge in [0.2, 0.25) is 0 Å². The molecule has 0 aliphatic rings. The van der Waals surface area contributed by atoms with Crippen molar-refractivity contribution in [1.82, 2.24) is 4.57 Å². The maximum absolute atomic E-state index is 13.2. The fourth-order valence-electron chi connectivity index (χ4n) is 3.49. The number of aromatic nitrogens is 1. The monoisotopic (exact) mass is 389 g/mol. The number of hydrogen-bond donors (Lipinski definition) is 1. The lowest BCUT2D eigenvalue weighted by atomic mass is 10.1. The van der Waals surface area contributed by atoms with Gasteiger partial charge in [0, 0.05) is 17.1 Å². The Morgan fingerprint density at radius 3 is 2.45 bits per heavy atom. The number of nitrogens with two attached hydrogens (primary N) is 1. The highest BCUT2D eigenvalue weighted by Gasteiger charge is 2.25. The summed E-state index contributed by atoms with van der Waals surface area (Å²) in [4.78, 5) is 35.8. The lowest BCUT2D eigenvalue weighted by Gasteiger charge is -2.05. The van der Waals surface area contributed by atoms with Gasteiger partial charge in [-0.2, -0.15) is 0 Å². The first-order chi connectivity index (χ1) is 13.9. The molecule has 0 fully saturated rings. The minimum Gasteiger partial charge on any atom is -0.451 e. The van der Waals surface area contributed by atoms with Gasteiger partial charge in [0.1, 0.15) is 5.76 Å². The fraction of sp³-hybridized carbons (Fsp3) is 0.0476. The van der Waals surface area contributed by atoms with E-state index in [1.165, 1.54) is 22.8 Å². The average Bonchev–Trinajstić information content (AvgIpc) is 3.29. The first-order valence-electron chi connectivity index (χ1n) is 8.68. The van der Waals surface area contributed by atoms with E-state index in [2.05, 4.69) is 0 Å². The summed E-state index contributed by atoms with van der Waals surface area (Å²) in [5.74, 6) is -0.954. The Bertz CT molecular complexity index is 1300. The van der Waals surface area contributed by atoms with E-state index in [1.807, 2.05) is 0 Å². The molecule has 2 heterocycles. The zero-order chi connectivity index (χ0) is 20.7. The van der Waals surface area contributed by atoms with Gasteiger partial charge in [-0.25, -0.2) is 0 Å². The Morgan fingerprint density at radius 2 is 1.72 bits per heavy atom. The zero-order valence-electron chi connectivity index (χ0n) is 15.3. The Labute approximate surface area is 164 Å². The molecule has 0 saturated heterocycles. The molecule has 144 valence electrons. The highest BCUT2D eigenvalue weighted by atomic mass is 16.6. The zero-order valence-corrected chi connectivity index (χ0v) is 15.3. The van der Waals surface area contributed by atoms with Gasteiger partial charge < -0.3 is 10.2 Å². The van der Waals surface area contributed by atoms with Crippen LogP contribution >= 0.6 is 0 Å². The van der Waals surface area contributed by atoms with E-state index >= 15 is 0 Å². The van der Waals surface area contributed by atoms with E-state index in [0.717, 1.165) is 0 Å². The Morgan fingerprint density at radius 1 is 1.03 bits per heavy atom. The standard InChI is InChI=1S/C21H15N3O5/c1-12-19(20(22)25)14-7-3-4-8-15(14)23(12)21(26)18-11-10-17(29-18)13-6-2-5-9-16(13)24(27)28/h2-11H,1H3,(H2,22,25). The molecule has 29 heavy (non-hydrogen) atoms. The van der Waals surface area contributed by atoms with Gasteiger partial charge in [-0.05, 0) is 31.2 Å². The minimum absolute atomic E-state index is 0.0157. The maximum atomic E-state index is 13.2. The van der Waals surface area contributed by atoms with E-state index in [0.29, 0.717) is 16.6 Å². The van der Waals surface area contributed by atoms with Crippen molar-refractivity contribution in [2.24, 2.45) is 5.73 Å². The second kappa shape index (κ2) is 6.75. The largest absolute Gasteiger partial charge is 0.451 e. The van der Waals surface area contributed by atoms with E-state index in [9.17, 15) is 19.7 Å². The highest BCUT2D eigenvalue weighted by molar-refractivity contribution is 6.12. The van der Waals surface area contributed by atoms with Gasteiger partial charge in [0.05, 0.1) is 21.6 Å².